The van der Waals surface area contributed by atoms with Crippen molar-refractivity contribution in [1.82, 2.24) is 5.32 Å². The van der Waals surface area contributed by atoms with E-state index < -0.39 is 11.7 Å². The largest absolute Gasteiger partial charge is 0.491 e. The Kier molecular flexibility index (Phi) is 7.40. The van der Waals surface area contributed by atoms with Crippen LogP contribution in [0.4, 0.5) is 18.9 Å². The van der Waals surface area contributed by atoms with Crippen LogP contribution < -0.4 is 15.4 Å². The number of carbonyl (C=O) groups is 1. The number of hydrogen-bond donors (Lipinski definition) is 2. The molecule has 1 amide bonds. The zero-order chi connectivity index (χ0) is 18.7. The molecule has 0 spiro atoms. The van der Waals surface area contributed by atoms with Crippen molar-refractivity contribution in [2.24, 2.45) is 5.92 Å². The molecule has 8 heteroatoms. The molecule has 2 saturated heterocycles. The Hall–Kier alpha value is -1.47. The maximum Gasteiger partial charge on any atom is 0.416 e. The molecule has 1 aromatic carbocycles. The summed E-state index contributed by atoms with van der Waals surface area (Å²) in [6, 6.07) is 4.16. The van der Waals surface area contributed by atoms with Crippen molar-refractivity contribution < 1.29 is 22.7 Å². The molecule has 0 saturated carbocycles. The van der Waals surface area contributed by atoms with Crippen molar-refractivity contribution in [2.45, 2.75) is 63.7 Å². The van der Waals surface area contributed by atoms with E-state index in [0.717, 1.165) is 44.2 Å². The molecule has 4 nitrogen and oxygen atoms in total. The molecule has 0 aliphatic carbocycles. The number of halogens is 4. The molecule has 27 heavy (non-hydrogen) atoms. The normalized spacial score (nSPS) is 24.2. The lowest BCUT2D eigenvalue weighted by Crippen LogP contribution is -2.39. The van der Waals surface area contributed by atoms with Crippen LogP contribution in [0, 0.1) is 5.92 Å². The zero-order valence-electron chi connectivity index (χ0n) is 15.3. The lowest BCUT2D eigenvalue weighted by molar-refractivity contribution is -0.137. The first-order valence-corrected chi connectivity index (χ1v) is 9.25. The summed E-state index contributed by atoms with van der Waals surface area (Å²) in [5, 5.41) is 6.17. The van der Waals surface area contributed by atoms with Crippen molar-refractivity contribution >= 4 is 24.0 Å². The molecule has 2 heterocycles. The van der Waals surface area contributed by atoms with Gasteiger partial charge < -0.3 is 15.4 Å². The van der Waals surface area contributed by atoms with Crippen LogP contribution in [0.5, 0.6) is 5.75 Å². The van der Waals surface area contributed by atoms with Gasteiger partial charge in [0.2, 0.25) is 5.91 Å². The van der Waals surface area contributed by atoms with Gasteiger partial charge in [-0.3, -0.25) is 4.79 Å². The third kappa shape index (κ3) is 5.75. The van der Waals surface area contributed by atoms with Gasteiger partial charge in [0.05, 0.1) is 17.9 Å². The summed E-state index contributed by atoms with van der Waals surface area (Å²) in [5.41, 5.74) is -0.702. The van der Waals surface area contributed by atoms with Crippen LogP contribution in [0.25, 0.3) is 0 Å². The van der Waals surface area contributed by atoms with Crippen LogP contribution in [0.2, 0.25) is 0 Å². The van der Waals surface area contributed by atoms with Crippen molar-refractivity contribution in [1.29, 1.82) is 0 Å². The maximum absolute atomic E-state index is 13.0. The lowest BCUT2D eigenvalue weighted by Gasteiger charge is -2.28. The van der Waals surface area contributed by atoms with E-state index in [1.54, 1.807) is 0 Å². The van der Waals surface area contributed by atoms with Crippen LogP contribution in [0.3, 0.4) is 0 Å². The fourth-order valence-electron chi connectivity index (χ4n) is 3.95. The highest BCUT2D eigenvalue weighted by molar-refractivity contribution is 5.92. The van der Waals surface area contributed by atoms with Gasteiger partial charge in [0.15, 0.2) is 0 Å². The summed E-state index contributed by atoms with van der Waals surface area (Å²) in [6.07, 6.45) is 0.787. The number of anilines is 1. The average molecular weight is 407 g/mol. The van der Waals surface area contributed by atoms with Crippen LogP contribution in [-0.2, 0) is 11.0 Å². The summed E-state index contributed by atoms with van der Waals surface area (Å²) >= 11 is 0. The number of carbonyl (C=O) groups excluding carboxylic acids is 1. The lowest BCUT2D eigenvalue weighted by atomic mass is 9.89. The number of ether oxygens (including phenoxy) is 1. The number of hydrogen-bond acceptors (Lipinski definition) is 3. The molecule has 2 fully saturated rings. The second-order valence-corrected chi connectivity index (χ2v) is 7.28. The first kappa shape index (κ1) is 21.8. The zero-order valence-corrected chi connectivity index (χ0v) is 16.1. The Balaban J connectivity index is 0.00000261. The molecule has 0 aromatic heterocycles. The molecule has 152 valence electrons. The quantitative estimate of drug-likeness (QED) is 0.715. The van der Waals surface area contributed by atoms with Crippen molar-refractivity contribution in [2.75, 3.05) is 11.9 Å². The maximum atomic E-state index is 13.0. The van der Waals surface area contributed by atoms with Gasteiger partial charge >= 0.3 is 6.18 Å². The van der Waals surface area contributed by atoms with Gasteiger partial charge in [0, 0.05) is 18.5 Å². The standard InChI is InChI=1S/C19H25F3N2O2.ClH/c1-2-7-26-17-6-3-13(19(20,21)22)11-16(17)24-18(25)10-12-8-14-4-5-15(9-12)23-14;/h3,6,11-12,14-15,23H,2,4-5,7-10H2,1H3,(H,24,25);1H. The molecule has 2 aliphatic heterocycles. The predicted octanol–water partition coefficient (Wildman–Crippen LogP) is 4.78. The van der Waals surface area contributed by atoms with Gasteiger partial charge in [-0.15, -0.1) is 12.4 Å². The molecule has 2 atom stereocenters. The second-order valence-electron chi connectivity index (χ2n) is 7.28. The number of alkyl halides is 3. The average Bonchev–Trinajstić information content (AvgIpc) is 2.91. The highest BCUT2D eigenvalue weighted by Gasteiger charge is 2.35. The number of benzene rings is 1. The second kappa shape index (κ2) is 9.15. The van der Waals surface area contributed by atoms with E-state index in [1.165, 1.54) is 6.07 Å². The predicted molar refractivity (Wildman–Crippen MR) is 100 cm³/mol. The highest BCUT2D eigenvalue weighted by Crippen LogP contribution is 2.36. The van der Waals surface area contributed by atoms with Crippen LogP contribution in [0.1, 0.15) is 51.0 Å². The fourth-order valence-corrected chi connectivity index (χ4v) is 3.95. The van der Waals surface area contributed by atoms with E-state index in [4.69, 9.17) is 4.74 Å². The minimum atomic E-state index is -4.46. The van der Waals surface area contributed by atoms with Crippen LogP contribution >= 0.6 is 12.4 Å². The van der Waals surface area contributed by atoms with Crippen molar-refractivity contribution in [3.63, 3.8) is 0 Å². The van der Waals surface area contributed by atoms with E-state index in [2.05, 4.69) is 10.6 Å². The summed E-state index contributed by atoms with van der Waals surface area (Å²) < 4.78 is 44.5. The third-order valence-corrected chi connectivity index (χ3v) is 5.09. The number of rotatable bonds is 6. The number of fused-ring (bicyclic) bond motifs is 2. The molecule has 3 rings (SSSR count). The minimum absolute atomic E-state index is 0. The molecular formula is C19H26ClF3N2O2. The van der Waals surface area contributed by atoms with E-state index >= 15 is 0 Å². The molecule has 0 radical (unpaired) electrons. The third-order valence-electron chi connectivity index (χ3n) is 5.09. The molecule has 2 bridgehead atoms. The Labute approximate surface area is 163 Å². The van der Waals surface area contributed by atoms with E-state index in [9.17, 15) is 18.0 Å². The highest BCUT2D eigenvalue weighted by atomic mass is 35.5. The van der Waals surface area contributed by atoms with Gasteiger partial charge in [0.1, 0.15) is 5.75 Å². The Morgan fingerprint density at radius 3 is 2.52 bits per heavy atom. The van der Waals surface area contributed by atoms with E-state index in [0.29, 0.717) is 25.1 Å². The Bertz CT molecular complexity index is 642. The van der Waals surface area contributed by atoms with Crippen LogP contribution in [-0.4, -0.2) is 24.6 Å². The van der Waals surface area contributed by atoms with E-state index in [-0.39, 0.29) is 35.7 Å². The topological polar surface area (TPSA) is 50.4 Å². The van der Waals surface area contributed by atoms with Gasteiger partial charge in [-0.1, -0.05) is 6.92 Å². The summed E-state index contributed by atoms with van der Waals surface area (Å²) in [5.74, 6) is 0.301. The Morgan fingerprint density at radius 1 is 1.26 bits per heavy atom. The van der Waals surface area contributed by atoms with Gasteiger partial charge in [-0.25, -0.2) is 0 Å². The number of nitrogens with one attached hydrogen (secondary N) is 2. The molecule has 2 N–H and O–H groups in total. The molecule has 1 aromatic rings. The first-order chi connectivity index (χ1) is 12.3. The van der Waals surface area contributed by atoms with Gasteiger partial charge in [-0.05, 0) is 56.2 Å². The van der Waals surface area contributed by atoms with Crippen LogP contribution in [0.15, 0.2) is 18.2 Å². The van der Waals surface area contributed by atoms with Crippen molar-refractivity contribution in [3.8, 4) is 5.75 Å². The van der Waals surface area contributed by atoms with Gasteiger partial charge in [0.25, 0.3) is 0 Å². The Morgan fingerprint density at radius 2 is 1.93 bits per heavy atom. The SMILES string of the molecule is CCCOc1ccc(C(F)(F)F)cc1NC(=O)CC1CC2CCC(C1)N2.Cl. The molecule has 2 aliphatic rings. The summed E-state index contributed by atoms with van der Waals surface area (Å²) in [4.78, 5) is 12.4. The molecular weight excluding hydrogens is 381 g/mol. The van der Waals surface area contributed by atoms with E-state index in [1.807, 2.05) is 6.92 Å². The summed E-state index contributed by atoms with van der Waals surface area (Å²) in [6.45, 7) is 2.29. The monoisotopic (exact) mass is 406 g/mol. The van der Waals surface area contributed by atoms with Gasteiger partial charge in [-0.2, -0.15) is 13.2 Å². The first-order valence-electron chi connectivity index (χ1n) is 9.25. The number of amides is 1. The summed E-state index contributed by atoms with van der Waals surface area (Å²) in [7, 11) is 0. The molecule has 2 unspecified atom stereocenters. The smallest absolute Gasteiger partial charge is 0.416 e. The minimum Gasteiger partial charge on any atom is -0.491 e. The number of piperidine rings is 1. The van der Waals surface area contributed by atoms with Crippen molar-refractivity contribution in [3.05, 3.63) is 23.8 Å². The fraction of sp³-hybridized carbons (Fsp3) is 0.632.